The molecule has 3 heterocycles. The Labute approximate surface area is 186 Å². The highest BCUT2D eigenvalue weighted by molar-refractivity contribution is 5.96. The first-order valence-electron chi connectivity index (χ1n) is 10.5. The lowest BCUT2D eigenvalue weighted by molar-refractivity contribution is 0.0728. The number of carbonyl (C=O) groups is 2. The van der Waals surface area contributed by atoms with Gasteiger partial charge in [-0.15, -0.1) is 0 Å². The van der Waals surface area contributed by atoms with Gasteiger partial charge >= 0.3 is 0 Å². The zero-order valence-electron chi connectivity index (χ0n) is 18.4. The van der Waals surface area contributed by atoms with Crippen molar-refractivity contribution in [2.45, 2.75) is 39.3 Å². The number of likely N-dealkylation sites (tertiary alicyclic amines) is 1. The minimum Gasteiger partial charge on any atom is -0.496 e. The van der Waals surface area contributed by atoms with Gasteiger partial charge in [0.2, 0.25) is 0 Å². The quantitative estimate of drug-likeness (QED) is 0.617. The van der Waals surface area contributed by atoms with Crippen LogP contribution in [0, 0.1) is 13.8 Å². The Hall–Kier alpha value is -3.75. The van der Waals surface area contributed by atoms with E-state index in [0.717, 1.165) is 29.8 Å². The normalized spacial score (nSPS) is 15.6. The molecule has 2 amide bonds. The van der Waals surface area contributed by atoms with E-state index in [1.54, 1.807) is 31.3 Å². The number of aromatic amines is 1. The third kappa shape index (κ3) is 4.18. The van der Waals surface area contributed by atoms with Crippen molar-refractivity contribution in [3.05, 3.63) is 70.6 Å². The second-order valence-corrected chi connectivity index (χ2v) is 7.79. The molecule has 0 unspecified atom stereocenters. The van der Waals surface area contributed by atoms with Crippen LogP contribution in [0.5, 0.6) is 5.75 Å². The molecule has 1 fully saturated rings. The monoisotopic (exact) mass is 434 g/mol. The highest BCUT2D eigenvalue weighted by atomic mass is 16.5. The summed E-state index contributed by atoms with van der Waals surface area (Å²) in [5, 5.41) is 9.66. The number of hydrogen-bond acceptors (Lipinski definition) is 6. The molecule has 0 bridgehead atoms. The molecule has 0 aliphatic carbocycles. The summed E-state index contributed by atoms with van der Waals surface area (Å²) >= 11 is 0. The van der Waals surface area contributed by atoms with Gasteiger partial charge in [-0.25, -0.2) is 9.97 Å². The number of ether oxygens (including phenoxy) is 1. The van der Waals surface area contributed by atoms with Crippen LogP contribution in [0.25, 0.3) is 0 Å². The largest absolute Gasteiger partial charge is 0.496 e. The Balaban J connectivity index is 1.48. The van der Waals surface area contributed by atoms with Crippen LogP contribution in [0.3, 0.4) is 0 Å². The first-order chi connectivity index (χ1) is 15.5. The number of aryl methyl sites for hydroxylation is 2. The standard InChI is InChI=1S/C23H26N6O3/c1-14-17(22(30)25-11-16-7-4-5-9-20(16)32-3)12-24-21(27-14)19-8-6-10-29(19)23(31)18-13-26-28-15(18)2/h4-5,7,9,12-13,19H,6,8,10-11H2,1-3H3,(H,25,30)(H,26,28)/t19-/m1/s1. The Kier molecular flexibility index (Phi) is 6.16. The zero-order chi connectivity index (χ0) is 22.7. The first kappa shape index (κ1) is 21.5. The maximum atomic E-state index is 13.0. The van der Waals surface area contributed by atoms with E-state index in [1.165, 1.54) is 0 Å². The molecule has 1 aromatic carbocycles. The van der Waals surface area contributed by atoms with E-state index in [0.29, 0.717) is 35.7 Å². The SMILES string of the molecule is COc1ccccc1CNC(=O)c1cnc([C@H]2CCCN2C(=O)c2cn[nH]c2C)nc1C. The van der Waals surface area contributed by atoms with Crippen LogP contribution in [0.1, 0.15) is 62.4 Å². The minimum atomic E-state index is -0.256. The molecular weight excluding hydrogens is 408 g/mol. The summed E-state index contributed by atoms with van der Waals surface area (Å²) in [4.78, 5) is 36.5. The molecule has 3 aromatic rings. The zero-order valence-corrected chi connectivity index (χ0v) is 18.4. The predicted octanol–water partition coefficient (Wildman–Crippen LogP) is 2.73. The number of rotatable bonds is 6. The number of nitrogens with one attached hydrogen (secondary N) is 2. The highest BCUT2D eigenvalue weighted by Gasteiger charge is 2.34. The maximum absolute atomic E-state index is 13.0. The van der Waals surface area contributed by atoms with Gasteiger partial charge in [0, 0.05) is 30.5 Å². The smallest absolute Gasteiger partial charge is 0.257 e. The number of benzene rings is 1. The molecule has 9 heteroatoms. The molecule has 2 N–H and O–H groups in total. The van der Waals surface area contributed by atoms with Crippen molar-refractivity contribution in [3.8, 4) is 5.75 Å². The summed E-state index contributed by atoms with van der Waals surface area (Å²) < 4.78 is 5.33. The van der Waals surface area contributed by atoms with Crippen molar-refractivity contribution >= 4 is 11.8 Å². The van der Waals surface area contributed by atoms with Gasteiger partial charge in [-0.2, -0.15) is 5.10 Å². The number of aromatic nitrogens is 4. The van der Waals surface area contributed by atoms with Crippen LogP contribution in [0.15, 0.2) is 36.7 Å². The molecule has 0 spiro atoms. The molecule has 1 aliphatic rings. The van der Waals surface area contributed by atoms with Gasteiger partial charge in [-0.3, -0.25) is 14.7 Å². The Morgan fingerprint density at radius 1 is 1.22 bits per heavy atom. The van der Waals surface area contributed by atoms with Gasteiger partial charge in [0.05, 0.1) is 36.2 Å². The van der Waals surface area contributed by atoms with E-state index in [-0.39, 0.29) is 17.9 Å². The summed E-state index contributed by atoms with van der Waals surface area (Å²) in [5.41, 5.74) is 3.16. The Bertz CT molecular complexity index is 1140. The second-order valence-electron chi connectivity index (χ2n) is 7.79. The van der Waals surface area contributed by atoms with Gasteiger partial charge in [0.25, 0.3) is 11.8 Å². The minimum absolute atomic E-state index is 0.0846. The summed E-state index contributed by atoms with van der Waals surface area (Å²) in [6, 6.07) is 7.31. The van der Waals surface area contributed by atoms with E-state index in [4.69, 9.17) is 4.74 Å². The fourth-order valence-corrected chi connectivity index (χ4v) is 3.99. The highest BCUT2D eigenvalue weighted by Crippen LogP contribution is 2.31. The summed E-state index contributed by atoms with van der Waals surface area (Å²) in [7, 11) is 1.60. The lowest BCUT2D eigenvalue weighted by atomic mass is 10.1. The number of hydrogen-bond donors (Lipinski definition) is 2. The van der Waals surface area contributed by atoms with Crippen molar-refractivity contribution in [1.29, 1.82) is 0 Å². The van der Waals surface area contributed by atoms with Gasteiger partial charge in [-0.1, -0.05) is 18.2 Å². The fourth-order valence-electron chi connectivity index (χ4n) is 3.99. The lowest BCUT2D eigenvalue weighted by Crippen LogP contribution is -2.32. The third-order valence-electron chi connectivity index (χ3n) is 5.75. The molecule has 0 saturated carbocycles. The predicted molar refractivity (Wildman–Crippen MR) is 117 cm³/mol. The molecule has 1 atom stereocenters. The van der Waals surface area contributed by atoms with Crippen LogP contribution in [-0.2, 0) is 6.54 Å². The maximum Gasteiger partial charge on any atom is 0.257 e. The number of nitrogens with zero attached hydrogens (tertiary/aromatic N) is 4. The van der Waals surface area contributed by atoms with Crippen LogP contribution < -0.4 is 10.1 Å². The molecule has 4 rings (SSSR count). The van der Waals surface area contributed by atoms with Crippen molar-refractivity contribution in [3.63, 3.8) is 0 Å². The van der Waals surface area contributed by atoms with Gasteiger partial charge < -0.3 is 15.0 Å². The molecular formula is C23H26N6O3. The molecule has 1 saturated heterocycles. The molecule has 1 aliphatic heterocycles. The molecule has 2 aromatic heterocycles. The van der Waals surface area contributed by atoms with E-state index in [1.807, 2.05) is 31.2 Å². The molecule has 0 radical (unpaired) electrons. The summed E-state index contributed by atoms with van der Waals surface area (Å²) in [5.74, 6) is 0.928. The number of H-pyrrole nitrogens is 1. The third-order valence-corrected chi connectivity index (χ3v) is 5.75. The lowest BCUT2D eigenvalue weighted by Gasteiger charge is -2.24. The second kappa shape index (κ2) is 9.17. The molecule has 9 nitrogen and oxygen atoms in total. The Morgan fingerprint density at radius 2 is 2.03 bits per heavy atom. The van der Waals surface area contributed by atoms with Crippen molar-refractivity contribution < 1.29 is 14.3 Å². The van der Waals surface area contributed by atoms with E-state index in [2.05, 4.69) is 25.5 Å². The van der Waals surface area contributed by atoms with Crippen LogP contribution in [-0.4, -0.2) is 50.5 Å². The average molecular weight is 435 g/mol. The number of methoxy groups -OCH3 is 1. The number of para-hydroxylation sites is 1. The number of amides is 2. The molecule has 32 heavy (non-hydrogen) atoms. The van der Waals surface area contributed by atoms with Gasteiger partial charge in [0.15, 0.2) is 5.82 Å². The number of carbonyl (C=O) groups excluding carboxylic acids is 2. The van der Waals surface area contributed by atoms with E-state index < -0.39 is 0 Å². The van der Waals surface area contributed by atoms with Crippen molar-refractivity contribution in [2.24, 2.45) is 0 Å². The van der Waals surface area contributed by atoms with Gasteiger partial charge in [-0.05, 0) is 32.8 Å². The van der Waals surface area contributed by atoms with Crippen LogP contribution >= 0.6 is 0 Å². The topological polar surface area (TPSA) is 113 Å². The van der Waals surface area contributed by atoms with E-state index in [9.17, 15) is 9.59 Å². The van der Waals surface area contributed by atoms with Crippen LogP contribution in [0.2, 0.25) is 0 Å². The average Bonchev–Trinajstić information content (AvgIpc) is 3.46. The molecule has 166 valence electrons. The van der Waals surface area contributed by atoms with Crippen molar-refractivity contribution in [1.82, 2.24) is 30.4 Å². The fraction of sp³-hybridized carbons (Fsp3) is 0.348. The van der Waals surface area contributed by atoms with E-state index >= 15 is 0 Å². The summed E-state index contributed by atoms with van der Waals surface area (Å²) in [6.07, 6.45) is 4.74. The van der Waals surface area contributed by atoms with Crippen molar-refractivity contribution in [2.75, 3.05) is 13.7 Å². The van der Waals surface area contributed by atoms with Gasteiger partial charge in [0.1, 0.15) is 5.75 Å². The summed E-state index contributed by atoms with van der Waals surface area (Å²) in [6.45, 7) is 4.57. The van der Waals surface area contributed by atoms with Crippen LogP contribution in [0.4, 0.5) is 0 Å². The Morgan fingerprint density at radius 3 is 2.75 bits per heavy atom. The first-order valence-corrected chi connectivity index (χ1v) is 10.5.